The van der Waals surface area contributed by atoms with E-state index < -0.39 is 53.6 Å². The number of Topliss-reactive ketones (excluding diaryl/α,β-unsaturated/α-hetero) is 1. The van der Waals surface area contributed by atoms with Crippen molar-refractivity contribution in [2.75, 3.05) is 6.61 Å². The van der Waals surface area contributed by atoms with Crippen molar-refractivity contribution in [2.24, 2.45) is 17.8 Å². The number of carbonyl (C=O) groups excluding carboxylic acids is 6. The second kappa shape index (κ2) is 18.3. The smallest absolute Gasteiger partial charge is 0.407 e. The number of carbonyl (C=O) groups is 6. The van der Waals surface area contributed by atoms with Gasteiger partial charge in [-0.15, -0.1) is 0 Å². The Labute approximate surface area is 247 Å². The Morgan fingerprint density at radius 1 is 0.833 bits per heavy atom. The van der Waals surface area contributed by atoms with Crippen LogP contribution in [-0.4, -0.2) is 60.2 Å². The summed E-state index contributed by atoms with van der Waals surface area (Å²) in [6.45, 7) is 12.1. The first kappa shape index (κ1) is 35.8. The van der Waals surface area contributed by atoms with E-state index in [4.69, 9.17) is 4.74 Å². The molecule has 0 aliphatic carbocycles. The second-order valence-corrected chi connectivity index (χ2v) is 10.4. The Morgan fingerprint density at radius 2 is 1.45 bits per heavy atom. The fourth-order valence-corrected chi connectivity index (χ4v) is 4.38. The van der Waals surface area contributed by atoms with E-state index in [1.165, 1.54) is 6.92 Å². The zero-order valence-corrected chi connectivity index (χ0v) is 25.5. The Balaban J connectivity index is 2.93. The molecule has 0 fully saturated rings. The molecule has 3 unspecified atom stereocenters. The van der Waals surface area contributed by atoms with Gasteiger partial charge in [-0.3, -0.25) is 34.8 Å². The summed E-state index contributed by atoms with van der Waals surface area (Å²) in [6, 6.07) is 5.76. The number of hydrogen-bond donors (Lipinski definition) is 5. The molecule has 0 saturated carbocycles. The van der Waals surface area contributed by atoms with Crippen molar-refractivity contribution in [1.29, 1.82) is 0 Å². The molecule has 12 nitrogen and oxygen atoms in total. The van der Waals surface area contributed by atoms with Gasteiger partial charge in [0.05, 0.1) is 6.61 Å². The molecule has 0 bridgehead atoms. The zero-order valence-electron chi connectivity index (χ0n) is 25.5. The number of ketones is 1. The minimum atomic E-state index is -1.11. The number of hydrazine groups is 1. The molecule has 1 aromatic rings. The number of nitrogens with one attached hydrogen (secondary N) is 5. The molecule has 1 rings (SSSR count). The van der Waals surface area contributed by atoms with Gasteiger partial charge in [-0.1, -0.05) is 63.3 Å². The highest BCUT2D eigenvalue weighted by Gasteiger charge is 2.31. The molecule has 0 aliphatic rings. The van der Waals surface area contributed by atoms with Crippen molar-refractivity contribution in [1.82, 2.24) is 26.8 Å². The normalized spacial score (nSPS) is 14.6. The predicted octanol–water partition coefficient (Wildman–Crippen LogP) is 1.94. The van der Waals surface area contributed by atoms with Crippen LogP contribution in [0.3, 0.4) is 0 Å². The Bertz CT molecular complexity index is 1110. The molecule has 12 heteroatoms. The van der Waals surface area contributed by atoms with E-state index in [0.717, 1.165) is 12.5 Å². The molecule has 5 N–H and O–H groups in total. The maximum absolute atomic E-state index is 13.1. The zero-order chi connectivity index (χ0) is 31.8. The van der Waals surface area contributed by atoms with Crippen LogP contribution in [0, 0.1) is 17.8 Å². The Morgan fingerprint density at radius 3 is 2.00 bits per heavy atom. The average Bonchev–Trinajstić information content (AvgIpc) is 2.93. The molecular formula is C30H45N5O7. The number of allylic oxidation sites excluding steroid dienone is 2. The van der Waals surface area contributed by atoms with Crippen LogP contribution < -0.4 is 26.8 Å². The van der Waals surface area contributed by atoms with Gasteiger partial charge in [0, 0.05) is 13.3 Å². The number of amides is 5. The molecule has 0 aliphatic heterocycles. The molecule has 5 atom stereocenters. The second-order valence-electron chi connectivity index (χ2n) is 10.4. The summed E-state index contributed by atoms with van der Waals surface area (Å²) in [5, 5.41) is 7.48. The fraction of sp³-hybridized carbons (Fsp3) is 0.533. The van der Waals surface area contributed by atoms with Gasteiger partial charge in [0.15, 0.2) is 0 Å². The summed E-state index contributed by atoms with van der Waals surface area (Å²) in [5.74, 6) is -3.56. The van der Waals surface area contributed by atoms with Crippen molar-refractivity contribution in [3.05, 3.63) is 48.0 Å². The van der Waals surface area contributed by atoms with E-state index in [2.05, 4.69) is 26.8 Å². The number of rotatable bonds is 15. The van der Waals surface area contributed by atoms with Crippen LogP contribution in [0.1, 0.15) is 60.5 Å². The number of hydrogen-bond acceptors (Lipinski definition) is 7. The number of benzene rings is 1. The third kappa shape index (κ3) is 12.5. The third-order valence-corrected chi connectivity index (χ3v) is 6.70. The van der Waals surface area contributed by atoms with Gasteiger partial charge in [-0.05, 0) is 50.5 Å². The van der Waals surface area contributed by atoms with Gasteiger partial charge in [-0.2, -0.15) is 0 Å². The monoisotopic (exact) mass is 587 g/mol. The van der Waals surface area contributed by atoms with Gasteiger partial charge < -0.3 is 20.7 Å². The van der Waals surface area contributed by atoms with Crippen molar-refractivity contribution >= 4 is 35.5 Å². The molecule has 0 radical (unpaired) electrons. The van der Waals surface area contributed by atoms with Crippen molar-refractivity contribution in [2.45, 2.75) is 79.4 Å². The maximum atomic E-state index is 13.1. The quantitative estimate of drug-likeness (QED) is 0.119. The SMILES string of the molecule is C/C=C\C(C)C(C[C@H](NC(=O)C(C)=O)C(=O)NNC(=O)[C@H](C)NC(=O)C(Cc1ccccc1)NC(=O)OCC)C(C)C. The summed E-state index contributed by atoms with van der Waals surface area (Å²) in [5.41, 5.74) is 5.33. The minimum absolute atomic E-state index is 0.0217. The number of ether oxygens (including phenoxy) is 1. The summed E-state index contributed by atoms with van der Waals surface area (Å²) < 4.78 is 4.90. The molecule has 0 spiro atoms. The van der Waals surface area contributed by atoms with Crippen LogP contribution in [0.4, 0.5) is 4.79 Å². The molecule has 0 saturated heterocycles. The summed E-state index contributed by atoms with van der Waals surface area (Å²) in [4.78, 5) is 74.6. The van der Waals surface area contributed by atoms with Crippen LogP contribution in [0.5, 0.6) is 0 Å². The predicted molar refractivity (Wildman–Crippen MR) is 158 cm³/mol. The Hall–Kier alpha value is -4.22. The van der Waals surface area contributed by atoms with Crippen LogP contribution in [-0.2, 0) is 35.1 Å². The lowest BCUT2D eigenvalue weighted by molar-refractivity contribution is -0.139. The van der Waals surface area contributed by atoms with E-state index in [9.17, 15) is 28.8 Å². The summed E-state index contributed by atoms with van der Waals surface area (Å²) in [6.07, 6.45) is 3.50. The molecule has 5 amide bonds. The highest BCUT2D eigenvalue weighted by Crippen LogP contribution is 2.27. The molecule has 0 heterocycles. The van der Waals surface area contributed by atoms with Gasteiger partial charge in [0.1, 0.15) is 18.1 Å². The first-order valence-electron chi connectivity index (χ1n) is 14.1. The van der Waals surface area contributed by atoms with Gasteiger partial charge in [0.2, 0.25) is 11.7 Å². The van der Waals surface area contributed by atoms with Gasteiger partial charge in [-0.25, -0.2) is 4.79 Å². The standard InChI is InChI=1S/C30H45N5O7/c1-8-13-19(5)23(18(3)4)17-25(32-27(38)21(7)36)29(40)35-34-26(37)20(6)31-28(39)24(33-30(41)42-9-2)16-22-14-11-10-12-15-22/h8,10-15,18-20,23-25H,9,16-17H2,1-7H3,(H,31,39)(H,32,38)(H,33,41)(H,34,37)(H,35,40)/b13-8-/t19?,20-,23?,24?,25-/m0/s1. The van der Waals surface area contributed by atoms with E-state index in [1.807, 2.05) is 45.9 Å². The van der Waals surface area contributed by atoms with E-state index in [-0.39, 0.29) is 37.2 Å². The largest absolute Gasteiger partial charge is 0.450 e. The fourth-order valence-electron chi connectivity index (χ4n) is 4.38. The molecule has 0 aromatic heterocycles. The van der Waals surface area contributed by atoms with Gasteiger partial charge in [0.25, 0.3) is 17.7 Å². The third-order valence-electron chi connectivity index (χ3n) is 6.70. The van der Waals surface area contributed by atoms with Gasteiger partial charge >= 0.3 is 6.09 Å². The van der Waals surface area contributed by atoms with E-state index in [1.54, 1.807) is 31.2 Å². The lowest BCUT2D eigenvalue weighted by atomic mass is 9.79. The highest BCUT2D eigenvalue weighted by molar-refractivity contribution is 6.35. The van der Waals surface area contributed by atoms with Crippen molar-refractivity contribution < 1.29 is 33.5 Å². The van der Waals surface area contributed by atoms with Crippen molar-refractivity contribution in [3.8, 4) is 0 Å². The average molecular weight is 588 g/mol. The summed E-state index contributed by atoms with van der Waals surface area (Å²) >= 11 is 0. The number of alkyl carbamates (subject to hydrolysis) is 1. The topological polar surface area (TPSA) is 172 Å². The minimum Gasteiger partial charge on any atom is -0.450 e. The van der Waals surface area contributed by atoms with E-state index >= 15 is 0 Å². The Kier molecular flexibility index (Phi) is 15.6. The molecule has 232 valence electrons. The molecule has 42 heavy (non-hydrogen) atoms. The van der Waals surface area contributed by atoms with Crippen LogP contribution in [0.15, 0.2) is 42.5 Å². The first-order chi connectivity index (χ1) is 19.8. The highest BCUT2D eigenvalue weighted by atomic mass is 16.5. The lowest BCUT2D eigenvalue weighted by Crippen LogP contribution is -2.58. The van der Waals surface area contributed by atoms with Crippen molar-refractivity contribution in [3.63, 3.8) is 0 Å². The molecule has 1 aromatic carbocycles. The first-order valence-corrected chi connectivity index (χ1v) is 14.1. The van der Waals surface area contributed by atoms with Crippen LogP contribution >= 0.6 is 0 Å². The van der Waals surface area contributed by atoms with Crippen LogP contribution in [0.2, 0.25) is 0 Å². The maximum Gasteiger partial charge on any atom is 0.407 e. The van der Waals surface area contributed by atoms with E-state index in [0.29, 0.717) is 0 Å². The van der Waals surface area contributed by atoms with Crippen LogP contribution in [0.25, 0.3) is 0 Å². The summed E-state index contributed by atoms with van der Waals surface area (Å²) in [7, 11) is 0. The molecular weight excluding hydrogens is 542 g/mol. The lowest BCUT2D eigenvalue weighted by Gasteiger charge is -2.29.